The van der Waals surface area contributed by atoms with E-state index in [2.05, 4.69) is 20.3 Å². The molecule has 7 heteroatoms. The van der Waals surface area contributed by atoms with Crippen molar-refractivity contribution in [3.8, 4) is 11.5 Å². The van der Waals surface area contributed by atoms with E-state index < -0.39 is 0 Å². The molecule has 0 spiro atoms. The van der Waals surface area contributed by atoms with Crippen LogP contribution >= 0.6 is 12.2 Å². The Morgan fingerprint density at radius 1 is 1.37 bits per heavy atom. The van der Waals surface area contributed by atoms with Crippen LogP contribution in [0.1, 0.15) is 5.56 Å². The number of nitrogens with one attached hydrogen (secondary N) is 1. The Morgan fingerprint density at radius 2 is 2.26 bits per heavy atom. The van der Waals surface area contributed by atoms with Crippen molar-refractivity contribution < 1.29 is 0 Å². The van der Waals surface area contributed by atoms with Crippen LogP contribution in [0.3, 0.4) is 0 Å². The molecule has 0 radical (unpaired) electrons. The van der Waals surface area contributed by atoms with Gasteiger partial charge in [0.1, 0.15) is 5.69 Å². The minimum Gasteiger partial charge on any atom is -0.294 e. The molecule has 6 nitrogen and oxygen atoms in total. The van der Waals surface area contributed by atoms with E-state index in [9.17, 15) is 0 Å². The highest BCUT2D eigenvalue weighted by Crippen LogP contribution is 2.15. The molecule has 19 heavy (non-hydrogen) atoms. The van der Waals surface area contributed by atoms with Crippen molar-refractivity contribution >= 4 is 12.2 Å². The molecule has 0 saturated heterocycles. The lowest BCUT2D eigenvalue weighted by Crippen LogP contribution is -2.02. The maximum absolute atomic E-state index is 5.27. The molecule has 0 bridgehead atoms. The molecule has 3 aromatic heterocycles. The molecule has 0 aliphatic heterocycles. The Hall–Kier alpha value is -2.28. The summed E-state index contributed by atoms with van der Waals surface area (Å²) < 4.78 is 4.25. The number of aromatic amines is 1. The minimum absolute atomic E-state index is 0.574. The SMILES string of the molecule is Cn1cc(Cn2c(-c3ccccn3)n[nH]c2=S)cn1. The summed E-state index contributed by atoms with van der Waals surface area (Å²) in [5.41, 5.74) is 1.86. The third-order valence-corrected chi connectivity index (χ3v) is 3.06. The van der Waals surface area contributed by atoms with E-state index in [0.29, 0.717) is 11.3 Å². The lowest BCUT2D eigenvalue weighted by atomic mass is 10.3. The zero-order valence-electron chi connectivity index (χ0n) is 10.3. The highest BCUT2D eigenvalue weighted by Gasteiger charge is 2.10. The standard InChI is InChI=1S/C12H12N6S/c1-17-7-9(6-14-17)8-18-11(15-16-12(18)19)10-4-2-3-5-13-10/h2-7H,8H2,1H3,(H,16,19). The van der Waals surface area contributed by atoms with Crippen LogP contribution in [-0.4, -0.2) is 29.5 Å². The monoisotopic (exact) mass is 272 g/mol. The predicted molar refractivity (Wildman–Crippen MR) is 73.0 cm³/mol. The predicted octanol–water partition coefficient (Wildman–Crippen LogP) is 1.78. The minimum atomic E-state index is 0.574. The van der Waals surface area contributed by atoms with Gasteiger partial charge in [0, 0.05) is 25.0 Å². The summed E-state index contributed by atoms with van der Waals surface area (Å²) in [6.45, 7) is 0.620. The van der Waals surface area contributed by atoms with Gasteiger partial charge in [-0.3, -0.25) is 19.3 Å². The third kappa shape index (κ3) is 2.32. The highest BCUT2D eigenvalue weighted by atomic mass is 32.1. The first-order valence-corrected chi connectivity index (χ1v) is 6.19. The quantitative estimate of drug-likeness (QED) is 0.738. The average Bonchev–Trinajstić information content (AvgIpc) is 2.99. The number of aromatic nitrogens is 6. The lowest BCUT2D eigenvalue weighted by molar-refractivity contribution is 0.760. The fourth-order valence-electron chi connectivity index (χ4n) is 1.89. The zero-order valence-corrected chi connectivity index (χ0v) is 11.1. The molecule has 0 fully saturated rings. The topological polar surface area (TPSA) is 64.3 Å². The van der Waals surface area contributed by atoms with Crippen LogP contribution in [-0.2, 0) is 13.6 Å². The summed E-state index contributed by atoms with van der Waals surface area (Å²) in [7, 11) is 1.89. The molecule has 0 saturated carbocycles. The van der Waals surface area contributed by atoms with E-state index in [1.807, 2.05) is 42.2 Å². The summed E-state index contributed by atoms with van der Waals surface area (Å²) in [4.78, 5) is 4.30. The van der Waals surface area contributed by atoms with E-state index in [-0.39, 0.29) is 0 Å². The summed E-state index contributed by atoms with van der Waals surface area (Å²) in [6.07, 6.45) is 5.51. The number of rotatable bonds is 3. The average molecular weight is 272 g/mol. The number of pyridine rings is 1. The molecular formula is C12H12N6S. The van der Waals surface area contributed by atoms with Gasteiger partial charge in [0.25, 0.3) is 0 Å². The van der Waals surface area contributed by atoms with Crippen molar-refractivity contribution in [2.75, 3.05) is 0 Å². The van der Waals surface area contributed by atoms with Crippen LogP contribution in [0.4, 0.5) is 0 Å². The van der Waals surface area contributed by atoms with Crippen molar-refractivity contribution in [3.63, 3.8) is 0 Å². The van der Waals surface area contributed by atoms with Gasteiger partial charge in [-0.2, -0.15) is 10.2 Å². The van der Waals surface area contributed by atoms with Crippen molar-refractivity contribution in [2.45, 2.75) is 6.54 Å². The van der Waals surface area contributed by atoms with Crippen LogP contribution < -0.4 is 0 Å². The number of hydrogen-bond acceptors (Lipinski definition) is 4. The molecule has 1 N–H and O–H groups in total. The van der Waals surface area contributed by atoms with Gasteiger partial charge >= 0.3 is 0 Å². The molecule has 96 valence electrons. The Bertz CT molecular complexity index is 739. The summed E-state index contributed by atoms with van der Waals surface area (Å²) >= 11 is 5.27. The Morgan fingerprint density at radius 3 is 2.95 bits per heavy atom. The second-order valence-electron chi connectivity index (χ2n) is 4.18. The second-order valence-corrected chi connectivity index (χ2v) is 4.56. The molecule has 0 atom stereocenters. The van der Waals surface area contributed by atoms with Crippen molar-refractivity contribution in [1.29, 1.82) is 0 Å². The van der Waals surface area contributed by atoms with Gasteiger partial charge in [-0.1, -0.05) is 6.07 Å². The molecule has 3 rings (SSSR count). The van der Waals surface area contributed by atoms with Gasteiger partial charge in [0.2, 0.25) is 0 Å². The Labute approximate surface area is 114 Å². The van der Waals surface area contributed by atoms with E-state index in [0.717, 1.165) is 17.1 Å². The Kier molecular flexibility index (Phi) is 2.96. The number of aryl methyl sites for hydroxylation is 1. The zero-order chi connectivity index (χ0) is 13.2. The van der Waals surface area contributed by atoms with Crippen molar-refractivity contribution in [2.24, 2.45) is 7.05 Å². The van der Waals surface area contributed by atoms with Crippen LogP contribution in [0, 0.1) is 4.77 Å². The molecule has 3 aromatic rings. The molecular weight excluding hydrogens is 260 g/mol. The Balaban J connectivity index is 2.02. The van der Waals surface area contributed by atoms with E-state index in [1.165, 1.54) is 0 Å². The van der Waals surface area contributed by atoms with Crippen LogP contribution in [0.15, 0.2) is 36.8 Å². The van der Waals surface area contributed by atoms with Crippen LogP contribution in [0.2, 0.25) is 0 Å². The molecule has 0 amide bonds. The van der Waals surface area contributed by atoms with Gasteiger partial charge < -0.3 is 0 Å². The van der Waals surface area contributed by atoms with Gasteiger partial charge in [-0.25, -0.2) is 0 Å². The maximum Gasteiger partial charge on any atom is 0.195 e. The molecule has 0 aliphatic rings. The van der Waals surface area contributed by atoms with Gasteiger partial charge in [-0.15, -0.1) is 0 Å². The first kappa shape index (κ1) is 11.8. The second kappa shape index (κ2) is 4.77. The first-order chi connectivity index (χ1) is 9.24. The number of nitrogens with zero attached hydrogens (tertiary/aromatic N) is 5. The maximum atomic E-state index is 5.27. The van der Waals surface area contributed by atoms with Gasteiger partial charge in [0.15, 0.2) is 10.6 Å². The van der Waals surface area contributed by atoms with Gasteiger partial charge in [-0.05, 0) is 24.4 Å². The fourth-order valence-corrected chi connectivity index (χ4v) is 2.09. The van der Waals surface area contributed by atoms with Crippen molar-refractivity contribution in [3.05, 3.63) is 47.1 Å². The molecule has 3 heterocycles. The summed E-state index contributed by atoms with van der Waals surface area (Å²) in [5.74, 6) is 0.731. The summed E-state index contributed by atoms with van der Waals surface area (Å²) in [6, 6.07) is 5.70. The third-order valence-electron chi connectivity index (χ3n) is 2.75. The van der Waals surface area contributed by atoms with Gasteiger partial charge in [0.05, 0.1) is 12.7 Å². The van der Waals surface area contributed by atoms with Crippen molar-refractivity contribution in [1.82, 2.24) is 29.5 Å². The number of H-pyrrole nitrogens is 1. The van der Waals surface area contributed by atoms with Crippen LogP contribution in [0.25, 0.3) is 11.5 Å². The molecule has 0 aromatic carbocycles. The van der Waals surface area contributed by atoms with E-state index in [4.69, 9.17) is 12.2 Å². The normalized spacial score (nSPS) is 10.8. The van der Waals surface area contributed by atoms with Crippen LogP contribution in [0.5, 0.6) is 0 Å². The lowest BCUT2D eigenvalue weighted by Gasteiger charge is -2.04. The van der Waals surface area contributed by atoms with E-state index >= 15 is 0 Å². The summed E-state index contributed by atoms with van der Waals surface area (Å²) in [5, 5.41) is 11.2. The van der Waals surface area contributed by atoms with E-state index in [1.54, 1.807) is 10.9 Å². The highest BCUT2D eigenvalue weighted by molar-refractivity contribution is 7.71. The molecule has 0 unspecified atom stereocenters. The smallest absolute Gasteiger partial charge is 0.195 e. The fraction of sp³-hybridized carbons (Fsp3) is 0.167. The first-order valence-electron chi connectivity index (χ1n) is 5.78. The molecule has 0 aliphatic carbocycles. The number of hydrogen-bond donors (Lipinski definition) is 1. The largest absolute Gasteiger partial charge is 0.294 e.